The Kier molecular flexibility index (Phi) is 8.85. The first-order valence-electron chi connectivity index (χ1n) is 9.46. The number of nitrogens with two attached hydrogens (primary N) is 1. The Morgan fingerprint density at radius 3 is 2.22 bits per heavy atom. The first kappa shape index (κ1) is 26.5. The highest BCUT2D eigenvalue weighted by Gasteiger charge is 2.38. The smallest absolute Gasteiger partial charge is 0.475 e. The van der Waals surface area contributed by atoms with E-state index in [0.717, 1.165) is 23.4 Å². The molecule has 0 radical (unpaired) electrons. The molecule has 0 saturated carbocycles. The number of urea groups is 1. The topological polar surface area (TPSA) is 130 Å². The molecule has 8 nitrogen and oxygen atoms in total. The lowest BCUT2D eigenvalue weighted by molar-refractivity contribution is -0.808. The summed E-state index contributed by atoms with van der Waals surface area (Å²) in [6.07, 6.45) is -3.69. The van der Waals surface area contributed by atoms with Crippen LogP contribution in [0.15, 0.2) is 24.3 Å². The van der Waals surface area contributed by atoms with Gasteiger partial charge in [0.15, 0.2) is 0 Å². The number of quaternary nitrogens is 1. The fourth-order valence-electron chi connectivity index (χ4n) is 2.49. The van der Waals surface area contributed by atoms with E-state index in [4.69, 9.17) is 15.6 Å². The lowest BCUT2D eigenvalue weighted by Gasteiger charge is -2.23. The van der Waals surface area contributed by atoms with Gasteiger partial charge in [-0.3, -0.25) is 0 Å². The normalized spacial score (nSPS) is 11.2. The number of nitriles is 1. The third-order valence-electron chi connectivity index (χ3n) is 4.67. The van der Waals surface area contributed by atoms with Gasteiger partial charge in [-0.05, 0) is 43.5 Å². The summed E-state index contributed by atoms with van der Waals surface area (Å²) in [7, 11) is 3.56. The SMILES string of the molecule is Cc1ccc(-c2cc(CCC[N+](C)(C)C(N)=O)nc(C#N)n2)cc1C.O=C(O)C(F)(F)F. The van der Waals surface area contributed by atoms with Gasteiger partial charge >= 0.3 is 18.2 Å². The number of aromatic nitrogens is 2. The molecule has 2 rings (SSSR count). The second-order valence-electron chi connectivity index (χ2n) is 7.63. The minimum Gasteiger partial charge on any atom is -0.475 e. The minimum absolute atomic E-state index is 0.125. The summed E-state index contributed by atoms with van der Waals surface area (Å²) in [5, 5.41) is 16.3. The zero-order valence-electron chi connectivity index (χ0n) is 18.2. The van der Waals surface area contributed by atoms with Crippen molar-refractivity contribution in [3.8, 4) is 17.3 Å². The third-order valence-corrected chi connectivity index (χ3v) is 4.67. The molecule has 1 aromatic heterocycles. The van der Waals surface area contributed by atoms with E-state index >= 15 is 0 Å². The van der Waals surface area contributed by atoms with Gasteiger partial charge in [0.2, 0.25) is 5.82 Å². The number of halogens is 3. The van der Waals surface area contributed by atoms with Crippen molar-refractivity contribution in [3.63, 3.8) is 0 Å². The molecular formula is C21H25F3N5O3+. The number of nitrogens with zero attached hydrogens (tertiary/aromatic N) is 4. The molecule has 2 amide bonds. The number of aliphatic carboxylic acids is 1. The molecule has 0 aliphatic heterocycles. The number of benzene rings is 1. The van der Waals surface area contributed by atoms with Crippen LogP contribution in [0.5, 0.6) is 0 Å². The molecule has 0 saturated heterocycles. The van der Waals surface area contributed by atoms with Gasteiger partial charge < -0.3 is 10.8 Å². The average Bonchev–Trinajstić information content (AvgIpc) is 2.69. The Bertz CT molecular complexity index is 1030. The molecule has 0 bridgehead atoms. The van der Waals surface area contributed by atoms with Crippen LogP contribution in [0, 0.1) is 25.2 Å². The maximum atomic E-state index is 11.4. The van der Waals surface area contributed by atoms with Crippen molar-refractivity contribution >= 4 is 12.0 Å². The molecule has 0 fully saturated rings. The highest BCUT2D eigenvalue weighted by Crippen LogP contribution is 2.21. The van der Waals surface area contributed by atoms with Gasteiger partial charge in [-0.15, -0.1) is 0 Å². The first-order chi connectivity index (χ1) is 14.7. The van der Waals surface area contributed by atoms with Crippen molar-refractivity contribution in [2.24, 2.45) is 5.73 Å². The maximum absolute atomic E-state index is 11.4. The summed E-state index contributed by atoms with van der Waals surface area (Å²) in [5.41, 5.74) is 10.3. The molecule has 1 heterocycles. The number of carbonyl (C=O) groups excluding carboxylic acids is 1. The van der Waals surface area contributed by atoms with Crippen molar-refractivity contribution in [3.05, 3.63) is 46.9 Å². The van der Waals surface area contributed by atoms with Crippen LogP contribution in [0.3, 0.4) is 0 Å². The van der Waals surface area contributed by atoms with Crippen molar-refractivity contribution in [1.82, 2.24) is 9.97 Å². The van der Waals surface area contributed by atoms with Gasteiger partial charge in [-0.1, -0.05) is 12.1 Å². The summed E-state index contributed by atoms with van der Waals surface area (Å²) in [4.78, 5) is 28.9. The summed E-state index contributed by atoms with van der Waals surface area (Å²) in [6.45, 7) is 4.72. The van der Waals surface area contributed by atoms with E-state index in [9.17, 15) is 23.2 Å². The Balaban J connectivity index is 0.000000633. The van der Waals surface area contributed by atoms with E-state index in [0.29, 0.717) is 13.0 Å². The fourth-order valence-corrected chi connectivity index (χ4v) is 2.49. The van der Waals surface area contributed by atoms with Gasteiger partial charge in [0, 0.05) is 17.7 Å². The number of carboxylic acid groups (broad SMARTS) is 1. The maximum Gasteiger partial charge on any atom is 0.490 e. The van der Waals surface area contributed by atoms with Crippen molar-refractivity contribution in [2.75, 3.05) is 20.6 Å². The number of hydrogen-bond acceptors (Lipinski definition) is 5. The van der Waals surface area contributed by atoms with E-state index < -0.39 is 12.1 Å². The molecule has 0 aliphatic carbocycles. The van der Waals surface area contributed by atoms with Crippen LogP contribution >= 0.6 is 0 Å². The standard InChI is InChI=1S/C19H23N5O.C2HF3O2/c1-13-7-8-15(10-14(13)2)17-11-16(22-18(12-20)23-17)6-5-9-24(3,4)19(21)25;3-2(4,5)1(6)7/h7-8,10-11H,5-6,9H2,1-4H3,(H-,21,25);(H,6,7)/p+1. The minimum atomic E-state index is -5.08. The van der Waals surface area contributed by atoms with Gasteiger partial charge in [0.05, 0.1) is 26.3 Å². The molecule has 0 atom stereocenters. The van der Waals surface area contributed by atoms with E-state index in [1.807, 2.05) is 24.3 Å². The van der Waals surface area contributed by atoms with Crippen molar-refractivity contribution in [1.29, 1.82) is 5.26 Å². The molecule has 3 N–H and O–H groups in total. The number of rotatable bonds is 5. The van der Waals surface area contributed by atoms with Crippen LogP contribution in [0.25, 0.3) is 11.3 Å². The van der Waals surface area contributed by atoms with Crippen LogP contribution in [-0.2, 0) is 11.2 Å². The second kappa shape index (κ2) is 10.7. The molecule has 1 aromatic carbocycles. The number of primary amides is 1. The predicted molar refractivity (Wildman–Crippen MR) is 110 cm³/mol. The van der Waals surface area contributed by atoms with Crippen LogP contribution in [-0.4, -0.2) is 58.4 Å². The number of carbonyl (C=O) groups is 2. The number of alkyl halides is 3. The predicted octanol–water partition coefficient (Wildman–Crippen LogP) is 3.35. The Hall–Kier alpha value is -3.52. The number of amides is 2. The molecule has 2 aromatic rings. The monoisotopic (exact) mass is 452 g/mol. The van der Waals surface area contributed by atoms with Crippen molar-refractivity contribution < 1.29 is 32.3 Å². The lowest BCUT2D eigenvalue weighted by atomic mass is 10.0. The van der Waals surface area contributed by atoms with Crippen LogP contribution in [0.1, 0.15) is 29.1 Å². The van der Waals surface area contributed by atoms with E-state index in [1.54, 1.807) is 14.1 Å². The van der Waals surface area contributed by atoms with Gasteiger partial charge in [0.1, 0.15) is 6.07 Å². The number of aryl methyl sites for hydroxylation is 3. The molecule has 0 spiro atoms. The molecule has 0 aliphatic rings. The van der Waals surface area contributed by atoms with E-state index in [-0.39, 0.29) is 16.3 Å². The average molecular weight is 452 g/mol. The van der Waals surface area contributed by atoms with E-state index in [1.165, 1.54) is 11.1 Å². The summed E-state index contributed by atoms with van der Waals surface area (Å²) >= 11 is 0. The molecule has 0 unspecified atom stereocenters. The Labute approximate surface area is 183 Å². The molecule has 172 valence electrons. The number of carboxylic acids is 1. The summed E-state index contributed by atoms with van der Waals surface area (Å²) < 4.78 is 31.9. The van der Waals surface area contributed by atoms with Gasteiger partial charge in [-0.2, -0.15) is 18.4 Å². The summed E-state index contributed by atoms with van der Waals surface area (Å²) in [5.74, 6) is -2.60. The summed E-state index contributed by atoms with van der Waals surface area (Å²) in [6, 6.07) is 9.69. The van der Waals surface area contributed by atoms with Crippen molar-refractivity contribution in [2.45, 2.75) is 32.9 Å². The van der Waals surface area contributed by atoms with Crippen LogP contribution in [0.4, 0.5) is 18.0 Å². The largest absolute Gasteiger partial charge is 0.490 e. The van der Waals surface area contributed by atoms with Gasteiger partial charge in [-0.25, -0.2) is 24.0 Å². The quantitative estimate of drug-likeness (QED) is 0.669. The molecule has 11 heteroatoms. The highest BCUT2D eigenvalue weighted by atomic mass is 19.4. The molecular weight excluding hydrogens is 427 g/mol. The van der Waals surface area contributed by atoms with Crippen LogP contribution < -0.4 is 5.73 Å². The Morgan fingerprint density at radius 1 is 1.16 bits per heavy atom. The zero-order valence-corrected chi connectivity index (χ0v) is 18.2. The molecule has 32 heavy (non-hydrogen) atoms. The Morgan fingerprint density at radius 2 is 1.75 bits per heavy atom. The van der Waals surface area contributed by atoms with Gasteiger partial charge in [0.25, 0.3) is 0 Å². The third kappa shape index (κ3) is 7.96. The fraction of sp³-hybridized carbons (Fsp3) is 0.381. The lowest BCUT2D eigenvalue weighted by Crippen LogP contribution is -2.49. The first-order valence-corrected chi connectivity index (χ1v) is 9.46. The van der Waals surface area contributed by atoms with Crippen LogP contribution in [0.2, 0.25) is 0 Å². The highest BCUT2D eigenvalue weighted by molar-refractivity contribution is 5.73. The number of hydrogen-bond donors (Lipinski definition) is 2. The zero-order chi connectivity index (χ0) is 24.7. The second-order valence-corrected chi connectivity index (χ2v) is 7.63. The van der Waals surface area contributed by atoms with E-state index in [2.05, 4.69) is 29.9 Å².